The molecule has 1 amide bonds. The smallest absolute Gasteiger partial charge is 0.329 e. The summed E-state index contributed by atoms with van der Waals surface area (Å²) in [5, 5.41) is 0.356. The number of rotatable bonds is 6. The van der Waals surface area contributed by atoms with Crippen molar-refractivity contribution in [3.63, 3.8) is 0 Å². The molecule has 3 aromatic carbocycles. The second kappa shape index (κ2) is 8.71. The number of anilines is 1. The molecule has 7 heteroatoms. The van der Waals surface area contributed by atoms with Crippen molar-refractivity contribution < 1.29 is 9.53 Å². The summed E-state index contributed by atoms with van der Waals surface area (Å²) in [5.74, 6) is 0.287. The van der Waals surface area contributed by atoms with Crippen molar-refractivity contribution in [1.82, 2.24) is 9.55 Å². The third-order valence-corrected chi connectivity index (χ3v) is 5.05. The van der Waals surface area contributed by atoms with E-state index in [1.54, 1.807) is 60.5 Å². The highest BCUT2D eigenvalue weighted by molar-refractivity contribution is 5.93. The molecule has 0 spiro atoms. The van der Waals surface area contributed by atoms with Gasteiger partial charge in [-0.1, -0.05) is 42.5 Å². The molecule has 0 aliphatic rings. The average molecular weight is 415 g/mol. The summed E-state index contributed by atoms with van der Waals surface area (Å²) >= 11 is 0. The van der Waals surface area contributed by atoms with Gasteiger partial charge in [0.25, 0.3) is 5.56 Å². The van der Waals surface area contributed by atoms with E-state index < -0.39 is 11.2 Å². The quantitative estimate of drug-likeness (QED) is 0.525. The second-order valence-corrected chi connectivity index (χ2v) is 7.03. The van der Waals surface area contributed by atoms with E-state index in [4.69, 9.17) is 4.74 Å². The number of carbonyl (C=O) groups is 1. The molecule has 1 aromatic heterocycles. The number of H-pyrrole nitrogens is 1. The molecule has 0 radical (unpaired) electrons. The predicted octanol–water partition coefficient (Wildman–Crippen LogP) is 2.93. The zero-order valence-corrected chi connectivity index (χ0v) is 16.9. The van der Waals surface area contributed by atoms with Crippen LogP contribution < -0.4 is 20.9 Å². The van der Waals surface area contributed by atoms with E-state index in [0.717, 1.165) is 10.1 Å². The Labute approximate surface area is 178 Å². The molecule has 0 saturated carbocycles. The number of methoxy groups -OCH3 is 1. The van der Waals surface area contributed by atoms with Gasteiger partial charge in [0.15, 0.2) is 0 Å². The van der Waals surface area contributed by atoms with Gasteiger partial charge in [0.2, 0.25) is 5.91 Å². The van der Waals surface area contributed by atoms with Gasteiger partial charge in [0, 0.05) is 5.69 Å². The van der Waals surface area contributed by atoms with E-state index in [-0.39, 0.29) is 12.5 Å². The van der Waals surface area contributed by atoms with Crippen LogP contribution in [0.1, 0.15) is 5.56 Å². The van der Waals surface area contributed by atoms with Gasteiger partial charge >= 0.3 is 5.69 Å². The summed E-state index contributed by atoms with van der Waals surface area (Å²) in [5.41, 5.74) is 0.886. The van der Waals surface area contributed by atoms with Crippen molar-refractivity contribution in [1.29, 1.82) is 0 Å². The lowest BCUT2D eigenvalue weighted by Gasteiger charge is -2.23. The van der Waals surface area contributed by atoms with Gasteiger partial charge in [-0.3, -0.25) is 14.2 Å². The fourth-order valence-electron chi connectivity index (χ4n) is 3.41. The Morgan fingerprint density at radius 3 is 2.32 bits per heavy atom. The highest BCUT2D eigenvalue weighted by Crippen LogP contribution is 2.21. The molecule has 0 aliphatic heterocycles. The summed E-state index contributed by atoms with van der Waals surface area (Å²) in [6, 6.07) is 23.3. The van der Waals surface area contributed by atoms with E-state index in [2.05, 4.69) is 4.98 Å². The van der Waals surface area contributed by atoms with Gasteiger partial charge in [0.05, 0.1) is 24.6 Å². The number of aromatic nitrogens is 2. The normalized spacial score (nSPS) is 10.7. The standard InChI is InChI=1S/C24H21N3O4/c1-31-19-13-11-18(12-14-19)26(15-17-7-3-2-4-8-17)22(28)16-27-23(29)20-9-5-6-10-21(20)25-24(27)30/h2-14H,15-16H2,1H3,(H,25,30). The van der Waals surface area contributed by atoms with Gasteiger partial charge in [-0.05, 0) is 42.0 Å². The Morgan fingerprint density at radius 1 is 0.935 bits per heavy atom. The van der Waals surface area contributed by atoms with Crippen LogP contribution in [0.3, 0.4) is 0 Å². The number of fused-ring (bicyclic) bond motifs is 1. The number of para-hydroxylation sites is 1. The largest absolute Gasteiger partial charge is 0.497 e. The van der Waals surface area contributed by atoms with Gasteiger partial charge in [0.1, 0.15) is 12.3 Å². The first-order valence-electron chi connectivity index (χ1n) is 9.77. The molecule has 0 bridgehead atoms. The molecule has 31 heavy (non-hydrogen) atoms. The number of nitrogens with one attached hydrogen (secondary N) is 1. The van der Waals surface area contributed by atoms with Crippen molar-refractivity contribution in [2.24, 2.45) is 0 Å². The highest BCUT2D eigenvalue weighted by atomic mass is 16.5. The summed E-state index contributed by atoms with van der Waals surface area (Å²) in [6.07, 6.45) is 0. The molecule has 7 nitrogen and oxygen atoms in total. The minimum atomic E-state index is -0.619. The molecule has 0 fully saturated rings. The Bertz CT molecular complexity index is 1330. The van der Waals surface area contributed by atoms with Crippen LogP contribution >= 0.6 is 0 Å². The van der Waals surface area contributed by atoms with Crippen molar-refractivity contribution in [3.8, 4) is 5.75 Å². The van der Waals surface area contributed by atoms with E-state index in [1.165, 1.54) is 0 Å². The first-order chi connectivity index (χ1) is 15.1. The van der Waals surface area contributed by atoms with Gasteiger partial charge in [-0.15, -0.1) is 0 Å². The molecule has 4 aromatic rings. The van der Waals surface area contributed by atoms with Crippen LogP contribution in [0.5, 0.6) is 5.75 Å². The van der Waals surface area contributed by atoms with Crippen LogP contribution in [0.25, 0.3) is 10.9 Å². The molecule has 0 atom stereocenters. The number of carbonyl (C=O) groups excluding carboxylic acids is 1. The average Bonchev–Trinajstić information content (AvgIpc) is 2.81. The first-order valence-corrected chi connectivity index (χ1v) is 9.77. The fourth-order valence-corrected chi connectivity index (χ4v) is 3.41. The molecule has 4 rings (SSSR count). The number of nitrogens with zero attached hydrogens (tertiary/aromatic N) is 2. The van der Waals surface area contributed by atoms with Crippen LogP contribution in [0.15, 0.2) is 88.5 Å². The number of aromatic amines is 1. The molecular weight excluding hydrogens is 394 g/mol. The van der Waals surface area contributed by atoms with Crippen LogP contribution in [0.4, 0.5) is 5.69 Å². The summed E-state index contributed by atoms with van der Waals surface area (Å²) in [6.45, 7) is -0.0793. The van der Waals surface area contributed by atoms with E-state index >= 15 is 0 Å². The first kappa shape index (κ1) is 20.2. The Hall–Kier alpha value is -4.13. The third kappa shape index (κ3) is 4.25. The molecule has 1 N–H and O–H groups in total. The highest BCUT2D eigenvalue weighted by Gasteiger charge is 2.19. The van der Waals surface area contributed by atoms with Crippen molar-refractivity contribution in [2.45, 2.75) is 13.1 Å². The number of hydrogen-bond acceptors (Lipinski definition) is 4. The van der Waals surface area contributed by atoms with Gasteiger partial charge < -0.3 is 14.6 Å². The molecule has 0 saturated heterocycles. The van der Waals surface area contributed by atoms with E-state index in [0.29, 0.717) is 28.9 Å². The van der Waals surface area contributed by atoms with E-state index in [1.807, 2.05) is 30.3 Å². The second-order valence-electron chi connectivity index (χ2n) is 7.03. The Morgan fingerprint density at radius 2 is 1.61 bits per heavy atom. The predicted molar refractivity (Wildman–Crippen MR) is 119 cm³/mol. The maximum atomic E-state index is 13.3. The van der Waals surface area contributed by atoms with Crippen molar-refractivity contribution in [3.05, 3.63) is 105 Å². The van der Waals surface area contributed by atoms with Crippen molar-refractivity contribution >= 4 is 22.5 Å². The molecular formula is C24H21N3O4. The summed E-state index contributed by atoms with van der Waals surface area (Å²) in [4.78, 5) is 42.9. The van der Waals surface area contributed by atoms with Crippen LogP contribution in [-0.4, -0.2) is 22.6 Å². The topological polar surface area (TPSA) is 84.4 Å². The van der Waals surface area contributed by atoms with E-state index in [9.17, 15) is 14.4 Å². The molecule has 1 heterocycles. The summed E-state index contributed by atoms with van der Waals surface area (Å²) in [7, 11) is 1.57. The Balaban J connectivity index is 1.71. The lowest BCUT2D eigenvalue weighted by atomic mass is 10.2. The molecule has 156 valence electrons. The zero-order chi connectivity index (χ0) is 21.8. The number of ether oxygens (including phenoxy) is 1. The molecule has 0 unspecified atom stereocenters. The van der Waals surface area contributed by atoms with Crippen LogP contribution in [0.2, 0.25) is 0 Å². The van der Waals surface area contributed by atoms with Crippen LogP contribution in [-0.2, 0) is 17.9 Å². The lowest BCUT2D eigenvalue weighted by Crippen LogP contribution is -2.42. The maximum Gasteiger partial charge on any atom is 0.329 e. The van der Waals surface area contributed by atoms with Crippen molar-refractivity contribution in [2.75, 3.05) is 12.0 Å². The zero-order valence-electron chi connectivity index (χ0n) is 16.9. The maximum absolute atomic E-state index is 13.3. The van der Waals surface area contributed by atoms with Crippen LogP contribution in [0, 0.1) is 0 Å². The minimum Gasteiger partial charge on any atom is -0.497 e. The van der Waals surface area contributed by atoms with Gasteiger partial charge in [-0.2, -0.15) is 0 Å². The number of amides is 1. The molecule has 0 aliphatic carbocycles. The number of hydrogen-bond donors (Lipinski definition) is 1. The fraction of sp³-hybridized carbons (Fsp3) is 0.125. The van der Waals surface area contributed by atoms with Gasteiger partial charge in [-0.25, -0.2) is 4.79 Å². The monoisotopic (exact) mass is 415 g/mol. The Kier molecular flexibility index (Phi) is 5.66. The third-order valence-electron chi connectivity index (χ3n) is 5.05. The minimum absolute atomic E-state index is 0.298. The lowest BCUT2D eigenvalue weighted by molar-refractivity contribution is -0.119. The number of benzene rings is 3. The summed E-state index contributed by atoms with van der Waals surface area (Å²) < 4.78 is 6.14. The SMILES string of the molecule is COc1ccc(N(Cc2ccccc2)C(=O)Cn2c(=O)[nH]c3ccccc3c2=O)cc1.